The molecule has 0 rings (SSSR count). The molecule has 0 spiro atoms. The Bertz CT molecular complexity index is 109. The number of hydrogen-bond donors (Lipinski definition) is 1. The van der Waals surface area contributed by atoms with E-state index in [2.05, 4.69) is 27.3 Å². The Morgan fingerprint density at radius 2 is 1.91 bits per heavy atom. The number of halogens is 1. The van der Waals surface area contributed by atoms with Crippen molar-refractivity contribution in [3.05, 3.63) is 0 Å². The van der Waals surface area contributed by atoms with Gasteiger partial charge in [-0.3, -0.25) is 0 Å². The molecule has 0 aliphatic carbocycles. The number of unbranched alkanes of at least 4 members (excludes halogenated alkanes) is 3. The van der Waals surface area contributed by atoms with Gasteiger partial charge in [0.25, 0.3) is 0 Å². The molecule has 4 heteroatoms. The summed E-state index contributed by atoms with van der Waals surface area (Å²) in [6.45, 7) is 0.469. The van der Waals surface area contributed by atoms with Crippen LogP contribution in [0.25, 0.3) is 0 Å². The third-order valence-electron chi connectivity index (χ3n) is 1.27. The smallest absolute Gasteiger partial charge is 0.404 e. The Labute approximate surface area is 80.8 Å². The second kappa shape index (κ2) is 8.10. The Kier molecular flexibility index (Phi) is 8.10. The minimum atomic E-state index is -0.668. The van der Waals surface area contributed by atoms with Crippen LogP contribution in [0.4, 0.5) is 4.79 Å². The number of ether oxygens (including phenoxy) is 1. The monoisotopic (exact) mass is 271 g/mol. The van der Waals surface area contributed by atoms with Gasteiger partial charge in [-0.25, -0.2) is 4.79 Å². The van der Waals surface area contributed by atoms with Crippen LogP contribution in [0.15, 0.2) is 0 Å². The number of rotatable bonds is 6. The van der Waals surface area contributed by atoms with Crippen molar-refractivity contribution in [2.45, 2.75) is 25.7 Å². The highest BCUT2D eigenvalue weighted by atomic mass is 127. The van der Waals surface area contributed by atoms with Gasteiger partial charge in [-0.15, -0.1) is 0 Å². The first-order chi connectivity index (χ1) is 5.27. The summed E-state index contributed by atoms with van der Waals surface area (Å²) in [5.41, 5.74) is 4.77. The number of amides is 1. The second-order valence-electron chi connectivity index (χ2n) is 2.27. The number of carbonyl (C=O) groups is 1. The molecule has 0 fully saturated rings. The van der Waals surface area contributed by atoms with Gasteiger partial charge in [0.05, 0.1) is 6.61 Å². The van der Waals surface area contributed by atoms with Crippen molar-refractivity contribution < 1.29 is 9.53 Å². The zero-order chi connectivity index (χ0) is 8.53. The van der Waals surface area contributed by atoms with Crippen molar-refractivity contribution in [2.75, 3.05) is 11.0 Å². The van der Waals surface area contributed by atoms with Crippen molar-refractivity contribution in [2.24, 2.45) is 5.73 Å². The standard InChI is InChI=1S/C7H14INO2/c8-5-3-1-2-4-6-11-7(9)10/h1-6H2,(H2,9,10). The number of hydrogen-bond acceptors (Lipinski definition) is 2. The SMILES string of the molecule is NC(=O)OCCCCCCI. The molecule has 0 saturated carbocycles. The Morgan fingerprint density at radius 1 is 1.27 bits per heavy atom. The molecule has 0 unspecified atom stereocenters. The maximum atomic E-state index is 10.1. The molecule has 0 aromatic heterocycles. The average molecular weight is 271 g/mol. The minimum absolute atomic E-state index is 0.469. The normalized spacial score (nSPS) is 9.55. The summed E-state index contributed by atoms with van der Waals surface area (Å²) >= 11 is 2.35. The van der Waals surface area contributed by atoms with Gasteiger partial charge in [-0.2, -0.15) is 0 Å². The van der Waals surface area contributed by atoms with E-state index in [9.17, 15) is 4.79 Å². The summed E-state index contributed by atoms with van der Waals surface area (Å²) in [6.07, 6.45) is 3.84. The molecule has 0 aliphatic heterocycles. The predicted octanol–water partition coefficient (Wildman–Crippen LogP) is 2.08. The van der Waals surface area contributed by atoms with Crippen LogP contribution in [0.5, 0.6) is 0 Å². The summed E-state index contributed by atoms with van der Waals surface area (Å²) in [7, 11) is 0. The van der Waals surface area contributed by atoms with E-state index < -0.39 is 6.09 Å². The fourth-order valence-electron chi connectivity index (χ4n) is 0.723. The molecule has 2 N–H and O–H groups in total. The molecule has 0 aliphatic rings. The molecule has 3 nitrogen and oxygen atoms in total. The Balaban J connectivity index is 2.85. The van der Waals surface area contributed by atoms with E-state index in [-0.39, 0.29) is 0 Å². The summed E-state index contributed by atoms with van der Waals surface area (Å²) in [5, 5.41) is 0. The van der Waals surface area contributed by atoms with Crippen LogP contribution in [0.2, 0.25) is 0 Å². The highest BCUT2D eigenvalue weighted by Crippen LogP contribution is 2.01. The third kappa shape index (κ3) is 10.0. The van der Waals surface area contributed by atoms with Crippen molar-refractivity contribution in [3.8, 4) is 0 Å². The molecule has 0 bridgehead atoms. The molecule has 1 amide bonds. The summed E-state index contributed by atoms with van der Waals surface area (Å²) in [6, 6.07) is 0. The molecular weight excluding hydrogens is 257 g/mol. The van der Waals surface area contributed by atoms with Crippen LogP contribution >= 0.6 is 22.6 Å². The largest absolute Gasteiger partial charge is 0.450 e. The first-order valence-electron chi connectivity index (χ1n) is 3.75. The zero-order valence-electron chi connectivity index (χ0n) is 6.51. The first kappa shape index (κ1) is 11.0. The van der Waals surface area contributed by atoms with Crippen molar-refractivity contribution >= 4 is 28.7 Å². The summed E-state index contributed by atoms with van der Waals surface area (Å²) in [5.74, 6) is 0. The van der Waals surface area contributed by atoms with Gasteiger partial charge in [0, 0.05) is 0 Å². The van der Waals surface area contributed by atoms with Gasteiger partial charge < -0.3 is 10.5 Å². The van der Waals surface area contributed by atoms with Gasteiger partial charge in [-0.05, 0) is 17.3 Å². The van der Waals surface area contributed by atoms with Crippen LogP contribution in [0.1, 0.15) is 25.7 Å². The molecule has 0 atom stereocenters. The van der Waals surface area contributed by atoms with Crippen LogP contribution in [-0.4, -0.2) is 17.1 Å². The van der Waals surface area contributed by atoms with Crippen molar-refractivity contribution in [3.63, 3.8) is 0 Å². The molecule has 0 aromatic carbocycles. The average Bonchev–Trinajstić information content (AvgIpc) is 1.96. The van der Waals surface area contributed by atoms with E-state index in [0.29, 0.717) is 6.61 Å². The highest BCUT2D eigenvalue weighted by molar-refractivity contribution is 14.1. The fraction of sp³-hybridized carbons (Fsp3) is 0.857. The lowest BCUT2D eigenvalue weighted by atomic mass is 10.2. The van der Waals surface area contributed by atoms with Gasteiger partial charge in [0.15, 0.2) is 0 Å². The molecule has 0 radical (unpaired) electrons. The van der Waals surface area contributed by atoms with Crippen LogP contribution in [0, 0.1) is 0 Å². The predicted molar refractivity (Wildman–Crippen MR) is 52.9 cm³/mol. The molecule has 0 saturated heterocycles. The molecule has 0 aromatic rings. The fourth-order valence-corrected chi connectivity index (χ4v) is 1.26. The minimum Gasteiger partial charge on any atom is -0.450 e. The summed E-state index contributed by atoms with van der Waals surface area (Å²) in [4.78, 5) is 10.1. The molecule has 0 heterocycles. The van der Waals surface area contributed by atoms with E-state index in [4.69, 9.17) is 5.73 Å². The lowest BCUT2D eigenvalue weighted by molar-refractivity contribution is 0.154. The lowest BCUT2D eigenvalue weighted by Gasteiger charge is -1.99. The number of nitrogens with two attached hydrogens (primary N) is 1. The second-order valence-corrected chi connectivity index (χ2v) is 3.35. The maximum Gasteiger partial charge on any atom is 0.404 e. The van der Waals surface area contributed by atoms with E-state index in [1.807, 2.05) is 0 Å². The maximum absolute atomic E-state index is 10.1. The Morgan fingerprint density at radius 3 is 2.45 bits per heavy atom. The third-order valence-corrected chi connectivity index (χ3v) is 2.04. The van der Waals surface area contributed by atoms with E-state index >= 15 is 0 Å². The number of primary amides is 1. The van der Waals surface area contributed by atoms with Gasteiger partial charge in [-0.1, -0.05) is 35.4 Å². The number of alkyl halides is 1. The molecular formula is C7H14INO2. The molecule has 66 valence electrons. The van der Waals surface area contributed by atoms with Gasteiger partial charge >= 0.3 is 6.09 Å². The zero-order valence-corrected chi connectivity index (χ0v) is 8.67. The number of carbonyl (C=O) groups excluding carboxylic acids is 1. The summed E-state index contributed by atoms with van der Waals surface area (Å²) < 4.78 is 5.76. The van der Waals surface area contributed by atoms with Gasteiger partial charge in [0.2, 0.25) is 0 Å². The van der Waals surface area contributed by atoms with E-state index in [1.165, 1.54) is 17.3 Å². The van der Waals surface area contributed by atoms with Crippen LogP contribution in [-0.2, 0) is 4.74 Å². The van der Waals surface area contributed by atoms with Crippen LogP contribution < -0.4 is 5.73 Å². The lowest BCUT2D eigenvalue weighted by Crippen LogP contribution is -2.13. The van der Waals surface area contributed by atoms with Crippen molar-refractivity contribution in [1.82, 2.24) is 0 Å². The van der Waals surface area contributed by atoms with Crippen LogP contribution in [0.3, 0.4) is 0 Å². The quantitative estimate of drug-likeness (QED) is 0.457. The Hall–Kier alpha value is 0. The first-order valence-corrected chi connectivity index (χ1v) is 5.28. The highest BCUT2D eigenvalue weighted by Gasteiger charge is 1.92. The van der Waals surface area contributed by atoms with Gasteiger partial charge in [0.1, 0.15) is 0 Å². The van der Waals surface area contributed by atoms with E-state index in [1.54, 1.807) is 0 Å². The van der Waals surface area contributed by atoms with Crippen molar-refractivity contribution in [1.29, 1.82) is 0 Å². The molecule has 11 heavy (non-hydrogen) atoms. The topological polar surface area (TPSA) is 52.3 Å². The van der Waals surface area contributed by atoms with E-state index in [0.717, 1.165) is 12.8 Å².